The van der Waals surface area contributed by atoms with Gasteiger partial charge in [-0.3, -0.25) is 14.7 Å². The predicted octanol–water partition coefficient (Wildman–Crippen LogP) is 4.31. The van der Waals surface area contributed by atoms with E-state index in [1.54, 1.807) is 11.8 Å². The summed E-state index contributed by atoms with van der Waals surface area (Å²) in [6.45, 7) is 4.53. The molecule has 1 N–H and O–H groups in total. The van der Waals surface area contributed by atoms with E-state index in [4.69, 9.17) is 0 Å². The number of likely N-dealkylation sites (tertiary alicyclic amines) is 2. The number of halogens is 3. The number of H-pyrrole nitrogens is 1. The Bertz CT molecular complexity index is 1000. The lowest BCUT2D eigenvalue weighted by Gasteiger charge is -2.45. The van der Waals surface area contributed by atoms with Gasteiger partial charge in [0.2, 0.25) is 5.91 Å². The molecule has 4 rings (SSSR count). The Morgan fingerprint density at radius 2 is 1.97 bits per heavy atom. The summed E-state index contributed by atoms with van der Waals surface area (Å²) in [6.07, 6.45) is 0.487. The molecule has 0 bridgehead atoms. The van der Waals surface area contributed by atoms with E-state index in [2.05, 4.69) is 10.2 Å². The first-order chi connectivity index (χ1) is 15.1. The number of rotatable bonds is 3. The first-order valence-electron chi connectivity index (χ1n) is 10.9. The van der Waals surface area contributed by atoms with Crippen LogP contribution in [0.4, 0.5) is 13.2 Å². The van der Waals surface area contributed by atoms with Crippen LogP contribution in [0.3, 0.4) is 0 Å². The monoisotopic (exact) mass is 448 g/mol. The minimum Gasteiger partial charge on any atom is -0.333 e. The summed E-state index contributed by atoms with van der Waals surface area (Å²) in [5, 5.41) is 6.76. The number of benzene rings is 1. The summed E-state index contributed by atoms with van der Waals surface area (Å²) in [4.78, 5) is 30.0. The largest absolute Gasteiger partial charge is 0.416 e. The van der Waals surface area contributed by atoms with Gasteiger partial charge in [-0.05, 0) is 50.8 Å². The number of nitrogens with zero attached hydrogens (tertiary/aromatic N) is 3. The maximum Gasteiger partial charge on any atom is 0.416 e. The molecule has 2 aliphatic rings. The van der Waals surface area contributed by atoms with Gasteiger partial charge in [0, 0.05) is 25.2 Å². The van der Waals surface area contributed by atoms with Crippen molar-refractivity contribution >= 4 is 11.8 Å². The van der Waals surface area contributed by atoms with E-state index in [9.17, 15) is 22.8 Å². The molecule has 32 heavy (non-hydrogen) atoms. The van der Waals surface area contributed by atoms with Crippen LogP contribution in [-0.2, 0) is 17.5 Å². The standard InChI is InChI=1S/C23H27F3N4O2/c1-15-18(13-27-28-15)21(32)29-12-11-22(2)19(29)5-3-4-6-20(31)30(22)14-16-7-9-17(10-8-16)23(24,25)26/h7-10,13,19H,3-6,11-12,14H2,1-2H3,(H,27,28)/t19-,22-/m1/s1. The zero-order valence-electron chi connectivity index (χ0n) is 18.2. The van der Waals surface area contributed by atoms with Gasteiger partial charge in [-0.25, -0.2) is 0 Å². The average molecular weight is 448 g/mol. The first kappa shape index (κ1) is 22.4. The molecule has 2 amide bonds. The van der Waals surface area contributed by atoms with E-state index in [0.29, 0.717) is 36.2 Å². The fourth-order valence-electron chi connectivity index (χ4n) is 5.03. The smallest absolute Gasteiger partial charge is 0.333 e. The van der Waals surface area contributed by atoms with Gasteiger partial charge in [-0.15, -0.1) is 0 Å². The molecule has 2 aliphatic heterocycles. The number of aromatic nitrogens is 2. The molecule has 2 fully saturated rings. The Morgan fingerprint density at radius 1 is 1.25 bits per heavy atom. The van der Waals surface area contributed by atoms with Crippen LogP contribution in [0.25, 0.3) is 0 Å². The van der Waals surface area contributed by atoms with E-state index in [0.717, 1.165) is 31.4 Å². The Morgan fingerprint density at radius 3 is 2.59 bits per heavy atom. The van der Waals surface area contributed by atoms with Crippen LogP contribution in [0.2, 0.25) is 0 Å². The summed E-state index contributed by atoms with van der Waals surface area (Å²) in [5.41, 5.74) is 0.567. The summed E-state index contributed by atoms with van der Waals surface area (Å²) >= 11 is 0. The molecule has 0 saturated carbocycles. The van der Waals surface area contributed by atoms with Crippen LogP contribution in [0.15, 0.2) is 30.5 Å². The van der Waals surface area contributed by atoms with Crippen molar-refractivity contribution in [3.63, 3.8) is 0 Å². The van der Waals surface area contributed by atoms with Crippen molar-refractivity contribution in [2.45, 2.75) is 70.3 Å². The number of hydrogen-bond donors (Lipinski definition) is 1. The van der Waals surface area contributed by atoms with Crippen LogP contribution < -0.4 is 0 Å². The van der Waals surface area contributed by atoms with Gasteiger partial charge >= 0.3 is 6.18 Å². The number of carbonyl (C=O) groups excluding carboxylic acids is 2. The fraction of sp³-hybridized carbons (Fsp3) is 0.522. The first-order valence-corrected chi connectivity index (χ1v) is 10.9. The molecule has 172 valence electrons. The van der Waals surface area contributed by atoms with Gasteiger partial charge in [-0.1, -0.05) is 18.6 Å². The topological polar surface area (TPSA) is 69.3 Å². The average Bonchev–Trinajstić information content (AvgIpc) is 3.31. The molecule has 0 spiro atoms. The maximum absolute atomic E-state index is 13.3. The molecule has 1 aromatic carbocycles. The van der Waals surface area contributed by atoms with Crippen molar-refractivity contribution in [1.82, 2.24) is 20.0 Å². The minimum absolute atomic E-state index is 0.0223. The lowest BCUT2D eigenvalue weighted by molar-refractivity contribution is -0.140. The van der Waals surface area contributed by atoms with Crippen molar-refractivity contribution < 1.29 is 22.8 Å². The van der Waals surface area contributed by atoms with Crippen molar-refractivity contribution in [2.75, 3.05) is 6.54 Å². The summed E-state index contributed by atoms with van der Waals surface area (Å²) in [6, 6.07) is 4.80. The third-order valence-electron chi connectivity index (χ3n) is 6.93. The third-order valence-corrected chi connectivity index (χ3v) is 6.93. The zero-order chi connectivity index (χ0) is 23.1. The normalized spacial score (nSPS) is 24.3. The lowest BCUT2D eigenvalue weighted by Crippen LogP contribution is -2.58. The molecule has 2 atom stereocenters. The van der Waals surface area contributed by atoms with Crippen LogP contribution >= 0.6 is 0 Å². The van der Waals surface area contributed by atoms with Crippen LogP contribution in [0, 0.1) is 6.92 Å². The van der Waals surface area contributed by atoms with E-state index in [-0.39, 0.29) is 24.4 Å². The number of alkyl halides is 3. The van der Waals surface area contributed by atoms with Crippen molar-refractivity contribution in [2.24, 2.45) is 0 Å². The number of aryl methyl sites for hydroxylation is 1. The van der Waals surface area contributed by atoms with Gasteiger partial charge in [0.05, 0.1) is 28.9 Å². The molecule has 6 nitrogen and oxygen atoms in total. The van der Waals surface area contributed by atoms with Gasteiger partial charge in [0.15, 0.2) is 0 Å². The zero-order valence-corrected chi connectivity index (χ0v) is 18.2. The van der Waals surface area contributed by atoms with E-state index in [1.165, 1.54) is 18.3 Å². The van der Waals surface area contributed by atoms with E-state index < -0.39 is 17.3 Å². The molecule has 0 radical (unpaired) electrons. The van der Waals surface area contributed by atoms with Crippen molar-refractivity contribution in [3.8, 4) is 0 Å². The second kappa shape index (κ2) is 8.26. The Kier molecular flexibility index (Phi) is 5.77. The molecule has 3 heterocycles. The van der Waals surface area contributed by atoms with Gasteiger partial charge in [-0.2, -0.15) is 18.3 Å². The Labute approximate surface area is 184 Å². The molecule has 1 aromatic heterocycles. The molecular weight excluding hydrogens is 421 g/mol. The highest BCUT2D eigenvalue weighted by molar-refractivity contribution is 5.95. The Balaban J connectivity index is 1.62. The number of fused-ring (bicyclic) bond motifs is 1. The van der Waals surface area contributed by atoms with E-state index in [1.807, 2.05) is 11.8 Å². The maximum atomic E-state index is 13.3. The molecule has 0 unspecified atom stereocenters. The number of carbonyl (C=O) groups is 2. The van der Waals surface area contributed by atoms with Crippen LogP contribution in [-0.4, -0.2) is 49.9 Å². The SMILES string of the molecule is Cc1[nH]ncc1C(=O)N1CC[C@]2(C)[C@H]1CCCCC(=O)N2Cc1ccc(C(F)(F)F)cc1. The fourth-order valence-corrected chi connectivity index (χ4v) is 5.03. The summed E-state index contributed by atoms with van der Waals surface area (Å²) in [7, 11) is 0. The summed E-state index contributed by atoms with van der Waals surface area (Å²) in [5.74, 6) is -0.127. The lowest BCUT2D eigenvalue weighted by atomic mass is 9.84. The molecule has 2 aromatic rings. The molecule has 0 aliphatic carbocycles. The second-order valence-electron chi connectivity index (χ2n) is 8.95. The quantitative estimate of drug-likeness (QED) is 0.761. The van der Waals surface area contributed by atoms with Gasteiger partial charge in [0.1, 0.15) is 0 Å². The highest BCUT2D eigenvalue weighted by Gasteiger charge is 2.51. The van der Waals surface area contributed by atoms with Crippen molar-refractivity contribution in [1.29, 1.82) is 0 Å². The van der Waals surface area contributed by atoms with Gasteiger partial charge in [0.25, 0.3) is 5.91 Å². The van der Waals surface area contributed by atoms with Crippen LogP contribution in [0.5, 0.6) is 0 Å². The highest BCUT2D eigenvalue weighted by atomic mass is 19.4. The van der Waals surface area contributed by atoms with Crippen molar-refractivity contribution in [3.05, 3.63) is 52.8 Å². The molecular formula is C23H27F3N4O2. The second-order valence-corrected chi connectivity index (χ2v) is 8.95. The summed E-state index contributed by atoms with van der Waals surface area (Å²) < 4.78 is 38.8. The number of hydrogen-bond acceptors (Lipinski definition) is 3. The molecule has 9 heteroatoms. The molecule has 2 saturated heterocycles. The van der Waals surface area contributed by atoms with Gasteiger partial charge < -0.3 is 9.80 Å². The predicted molar refractivity (Wildman–Crippen MR) is 112 cm³/mol. The minimum atomic E-state index is -4.40. The number of nitrogens with one attached hydrogen (secondary N) is 1. The van der Waals surface area contributed by atoms with Crippen LogP contribution in [0.1, 0.15) is 66.2 Å². The number of amides is 2. The highest BCUT2D eigenvalue weighted by Crippen LogP contribution is 2.41. The number of aromatic amines is 1. The van der Waals surface area contributed by atoms with E-state index >= 15 is 0 Å². The Hall–Kier alpha value is -2.84. The third kappa shape index (κ3) is 4.00.